The molecule has 1 heterocycles. The van der Waals surface area contributed by atoms with Crippen LogP contribution in [0.25, 0.3) is 0 Å². The summed E-state index contributed by atoms with van der Waals surface area (Å²) in [5, 5.41) is 0. The average molecular weight is 259 g/mol. The zero-order valence-electron chi connectivity index (χ0n) is 12.4. The summed E-state index contributed by atoms with van der Waals surface area (Å²) in [6.45, 7) is 9.86. The van der Waals surface area contributed by atoms with Gasteiger partial charge in [0.05, 0.1) is 0 Å². The number of aryl methyl sites for hydroxylation is 1. The number of benzene rings is 1. The maximum atomic E-state index is 12.1. The predicted molar refractivity (Wildman–Crippen MR) is 79.5 cm³/mol. The first-order valence-electron chi connectivity index (χ1n) is 7.38. The minimum Gasteiger partial charge on any atom is -0.303 e. The van der Waals surface area contributed by atoms with Crippen molar-refractivity contribution in [1.29, 1.82) is 0 Å². The molecule has 104 valence electrons. The highest BCUT2D eigenvalue weighted by molar-refractivity contribution is 5.96. The Hall–Kier alpha value is -1.15. The topological polar surface area (TPSA) is 20.3 Å². The predicted octanol–water partition coefficient (Wildman–Crippen LogP) is 3.55. The summed E-state index contributed by atoms with van der Waals surface area (Å²) < 4.78 is 0. The standard InChI is InChI=1S/C17H25NO/c1-13(2)16-7-9-18(12-16)10-8-17(19)15-6-4-5-14(3)11-15/h4-6,11,13,16H,7-10,12H2,1-3H3. The van der Waals surface area contributed by atoms with Crippen LogP contribution in [0.2, 0.25) is 0 Å². The molecular formula is C17H25NO. The summed E-state index contributed by atoms with van der Waals surface area (Å²) in [6, 6.07) is 7.91. The number of Topliss-reactive ketones (excluding diaryl/α,β-unsaturated/α-hetero) is 1. The van der Waals surface area contributed by atoms with Gasteiger partial charge in [-0.2, -0.15) is 0 Å². The maximum Gasteiger partial charge on any atom is 0.164 e. The average Bonchev–Trinajstić information content (AvgIpc) is 2.85. The van der Waals surface area contributed by atoms with Crippen molar-refractivity contribution in [3.8, 4) is 0 Å². The monoisotopic (exact) mass is 259 g/mol. The third-order valence-electron chi connectivity index (χ3n) is 4.25. The highest BCUT2D eigenvalue weighted by atomic mass is 16.1. The van der Waals surface area contributed by atoms with Gasteiger partial charge in [0.2, 0.25) is 0 Å². The fourth-order valence-electron chi connectivity index (χ4n) is 2.83. The van der Waals surface area contributed by atoms with Crippen LogP contribution in [0.15, 0.2) is 24.3 Å². The lowest BCUT2D eigenvalue weighted by molar-refractivity contribution is 0.0967. The van der Waals surface area contributed by atoms with Gasteiger partial charge in [-0.05, 0) is 37.8 Å². The van der Waals surface area contributed by atoms with Crippen LogP contribution in [0.4, 0.5) is 0 Å². The lowest BCUT2D eigenvalue weighted by Crippen LogP contribution is -2.24. The van der Waals surface area contributed by atoms with E-state index in [1.54, 1.807) is 0 Å². The second kappa shape index (κ2) is 6.33. The van der Waals surface area contributed by atoms with Crippen LogP contribution >= 0.6 is 0 Å². The first-order chi connectivity index (χ1) is 9.06. The minimum absolute atomic E-state index is 0.275. The number of likely N-dealkylation sites (tertiary alicyclic amines) is 1. The molecule has 0 aliphatic carbocycles. The molecule has 0 saturated carbocycles. The summed E-state index contributed by atoms with van der Waals surface area (Å²) in [4.78, 5) is 14.6. The van der Waals surface area contributed by atoms with Crippen LogP contribution < -0.4 is 0 Å². The van der Waals surface area contributed by atoms with Crippen molar-refractivity contribution >= 4 is 5.78 Å². The molecule has 1 aromatic carbocycles. The van der Waals surface area contributed by atoms with Gasteiger partial charge in [-0.1, -0.05) is 37.6 Å². The molecule has 2 nitrogen and oxygen atoms in total. The highest BCUT2D eigenvalue weighted by Gasteiger charge is 2.24. The van der Waals surface area contributed by atoms with Crippen molar-refractivity contribution in [3.05, 3.63) is 35.4 Å². The van der Waals surface area contributed by atoms with Crippen molar-refractivity contribution in [2.75, 3.05) is 19.6 Å². The van der Waals surface area contributed by atoms with Gasteiger partial charge in [0.25, 0.3) is 0 Å². The molecule has 1 aliphatic rings. The molecule has 0 amide bonds. The third kappa shape index (κ3) is 3.90. The van der Waals surface area contributed by atoms with Crippen LogP contribution in [0, 0.1) is 18.8 Å². The summed E-state index contributed by atoms with van der Waals surface area (Å²) >= 11 is 0. The zero-order chi connectivity index (χ0) is 13.8. The second-order valence-corrected chi connectivity index (χ2v) is 6.14. The van der Waals surface area contributed by atoms with E-state index >= 15 is 0 Å². The number of rotatable bonds is 5. The lowest BCUT2D eigenvalue weighted by Gasteiger charge is -2.17. The molecule has 1 unspecified atom stereocenters. The minimum atomic E-state index is 0.275. The van der Waals surface area contributed by atoms with E-state index in [4.69, 9.17) is 0 Å². The van der Waals surface area contributed by atoms with Gasteiger partial charge >= 0.3 is 0 Å². The second-order valence-electron chi connectivity index (χ2n) is 6.14. The SMILES string of the molecule is Cc1cccc(C(=O)CCN2CCC(C(C)C)C2)c1. The van der Waals surface area contributed by atoms with Crippen LogP contribution in [0.5, 0.6) is 0 Å². The largest absolute Gasteiger partial charge is 0.303 e. The number of hydrogen-bond donors (Lipinski definition) is 0. The van der Waals surface area contributed by atoms with Crippen molar-refractivity contribution in [2.45, 2.75) is 33.6 Å². The van der Waals surface area contributed by atoms with Crippen LogP contribution in [0.1, 0.15) is 42.6 Å². The molecule has 19 heavy (non-hydrogen) atoms. The number of carbonyl (C=O) groups excluding carboxylic acids is 1. The smallest absolute Gasteiger partial charge is 0.164 e. The highest BCUT2D eigenvalue weighted by Crippen LogP contribution is 2.23. The molecule has 0 aromatic heterocycles. The van der Waals surface area contributed by atoms with E-state index in [9.17, 15) is 4.79 Å². The van der Waals surface area contributed by atoms with E-state index in [0.717, 1.165) is 36.1 Å². The molecule has 1 aliphatic heterocycles. The van der Waals surface area contributed by atoms with E-state index in [0.29, 0.717) is 6.42 Å². The van der Waals surface area contributed by atoms with Gasteiger partial charge < -0.3 is 4.90 Å². The molecule has 0 bridgehead atoms. The van der Waals surface area contributed by atoms with Gasteiger partial charge in [0.15, 0.2) is 5.78 Å². The van der Waals surface area contributed by atoms with Gasteiger partial charge in [0.1, 0.15) is 0 Å². The van der Waals surface area contributed by atoms with Gasteiger partial charge in [-0.25, -0.2) is 0 Å². The van der Waals surface area contributed by atoms with E-state index in [1.165, 1.54) is 13.0 Å². The zero-order valence-corrected chi connectivity index (χ0v) is 12.4. The molecule has 1 aromatic rings. The van der Waals surface area contributed by atoms with E-state index in [-0.39, 0.29) is 5.78 Å². The molecule has 0 N–H and O–H groups in total. The van der Waals surface area contributed by atoms with Crippen LogP contribution in [-0.4, -0.2) is 30.3 Å². The summed E-state index contributed by atoms with van der Waals surface area (Å²) in [5.74, 6) is 1.85. The van der Waals surface area contributed by atoms with Gasteiger partial charge in [-0.3, -0.25) is 4.79 Å². The lowest BCUT2D eigenvalue weighted by atomic mass is 9.95. The van der Waals surface area contributed by atoms with Crippen molar-refractivity contribution in [3.63, 3.8) is 0 Å². The molecule has 2 heteroatoms. The van der Waals surface area contributed by atoms with Crippen molar-refractivity contribution in [2.24, 2.45) is 11.8 Å². The first-order valence-corrected chi connectivity index (χ1v) is 7.38. The summed E-state index contributed by atoms with van der Waals surface area (Å²) in [7, 11) is 0. The van der Waals surface area contributed by atoms with E-state index < -0.39 is 0 Å². The molecule has 0 spiro atoms. The third-order valence-corrected chi connectivity index (χ3v) is 4.25. The van der Waals surface area contributed by atoms with E-state index in [2.05, 4.69) is 18.7 Å². The number of nitrogens with zero attached hydrogens (tertiary/aromatic N) is 1. The van der Waals surface area contributed by atoms with E-state index in [1.807, 2.05) is 31.2 Å². The van der Waals surface area contributed by atoms with Crippen molar-refractivity contribution in [1.82, 2.24) is 4.90 Å². The summed E-state index contributed by atoms with van der Waals surface area (Å²) in [6.07, 6.45) is 1.94. The Morgan fingerprint density at radius 3 is 2.84 bits per heavy atom. The Morgan fingerprint density at radius 2 is 2.21 bits per heavy atom. The molecule has 2 rings (SSSR count). The maximum absolute atomic E-state index is 12.1. The molecule has 1 fully saturated rings. The Bertz CT molecular complexity index is 439. The number of hydrogen-bond acceptors (Lipinski definition) is 2. The normalized spacial score (nSPS) is 20.1. The van der Waals surface area contributed by atoms with Gasteiger partial charge in [0, 0.05) is 25.1 Å². The Balaban J connectivity index is 1.82. The Labute approximate surface area is 116 Å². The van der Waals surface area contributed by atoms with Crippen LogP contribution in [0.3, 0.4) is 0 Å². The number of carbonyl (C=O) groups is 1. The molecule has 1 saturated heterocycles. The Kier molecular flexibility index (Phi) is 4.76. The quantitative estimate of drug-likeness (QED) is 0.754. The fraction of sp³-hybridized carbons (Fsp3) is 0.588. The molecule has 1 atom stereocenters. The van der Waals surface area contributed by atoms with Crippen LogP contribution in [-0.2, 0) is 0 Å². The van der Waals surface area contributed by atoms with Gasteiger partial charge in [-0.15, -0.1) is 0 Å². The number of ketones is 1. The Morgan fingerprint density at radius 1 is 1.42 bits per heavy atom. The summed E-state index contributed by atoms with van der Waals surface area (Å²) in [5.41, 5.74) is 2.02. The molecule has 0 radical (unpaired) electrons. The fourth-order valence-corrected chi connectivity index (χ4v) is 2.83. The first kappa shape index (κ1) is 14.3. The van der Waals surface area contributed by atoms with Crippen molar-refractivity contribution < 1.29 is 4.79 Å². The molecular weight excluding hydrogens is 234 g/mol.